The van der Waals surface area contributed by atoms with E-state index in [0.717, 1.165) is 42.2 Å². The number of fused-ring (bicyclic) bond motifs is 1. The van der Waals surface area contributed by atoms with Gasteiger partial charge in [-0.25, -0.2) is 4.89 Å². The summed E-state index contributed by atoms with van der Waals surface area (Å²) in [7, 11) is 0. The van der Waals surface area contributed by atoms with Crippen LogP contribution < -0.4 is 0 Å². The number of hydrogen-bond donors (Lipinski definition) is 0. The fourth-order valence-corrected chi connectivity index (χ4v) is 6.35. The zero-order valence-electron chi connectivity index (χ0n) is 27.5. The van der Waals surface area contributed by atoms with Gasteiger partial charge in [-0.2, -0.15) is 10.1 Å². The Morgan fingerprint density at radius 3 is 2.10 bits per heavy atom. The Balaban J connectivity index is 1.99. The summed E-state index contributed by atoms with van der Waals surface area (Å²) in [4.78, 5) is 24.8. The van der Waals surface area contributed by atoms with Crippen molar-refractivity contribution in [1.29, 1.82) is 5.26 Å². The van der Waals surface area contributed by atoms with Crippen LogP contribution in [0.25, 0.3) is 0 Å². The SMILES string of the molecule is CC1=C(C)[C@]2(OO[C@@](C)(C#N)CC(C)C)OC(C)(CCCC(C)CCCC(C)CCCC(C)C)CCC2=CC1=O. The minimum Gasteiger partial charge on any atom is -0.334 e. The Kier molecular flexibility index (Phi) is 13.1. The maximum atomic E-state index is 12.7. The third kappa shape index (κ3) is 9.81. The first-order valence-electron chi connectivity index (χ1n) is 16.1. The molecule has 1 saturated heterocycles. The lowest BCUT2D eigenvalue weighted by molar-refractivity contribution is -0.452. The average Bonchev–Trinajstić information content (AvgIpc) is 2.86. The van der Waals surface area contributed by atoms with Crippen molar-refractivity contribution >= 4 is 5.78 Å². The molecule has 0 radical (unpaired) electrons. The first kappa shape index (κ1) is 34.7. The summed E-state index contributed by atoms with van der Waals surface area (Å²) in [6.45, 7) is 21.2. The van der Waals surface area contributed by atoms with Crippen LogP contribution in [0.1, 0.15) is 146 Å². The molecule has 0 aromatic rings. The molecule has 1 aliphatic carbocycles. The van der Waals surface area contributed by atoms with Crippen LogP contribution >= 0.6 is 0 Å². The summed E-state index contributed by atoms with van der Waals surface area (Å²) in [5, 5.41) is 9.86. The fourth-order valence-electron chi connectivity index (χ4n) is 6.35. The van der Waals surface area contributed by atoms with E-state index < -0.39 is 17.0 Å². The Morgan fingerprint density at radius 1 is 0.975 bits per heavy atom. The van der Waals surface area contributed by atoms with Gasteiger partial charge in [0, 0.05) is 5.57 Å². The summed E-state index contributed by atoms with van der Waals surface area (Å²) < 4.78 is 6.86. The van der Waals surface area contributed by atoms with E-state index in [-0.39, 0.29) is 11.7 Å². The molecule has 0 amide bonds. The number of ketones is 1. The van der Waals surface area contributed by atoms with E-state index >= 15 is 0 Å². The van der Waals surface area contributed by atoms with Gasteiger partial charge in [0.2, 0.25) is 5.79 Å². The predicted octanol–water partition coefficient (Wildman–Crippen LogP) is 9.81. The van der Waals surface area contributed by atoms with E-state index in [1.807, 2.05) is 13.8 Å². The molecule has 0 N–H and O–H groups in total. The first-order valence-corrected chi connectivity index (χ1v) is 16.1. The van der Waals surface area contributed by atoms with Crippen LogP contribution in [0, 0.1) is 35.0 Å². The Morgan fingerprint density at radius 2 is 1.55 bits per heavy atom. The predicted molar refractivity (Wildman–Crippen MR) is 163 cm³/mol. The van der Waals surface area contributed by atoms with E-state index in [4.69, 9.17) is 14.5 Å². The fraction of sp³-hybridized carbons (Fsp3) is 0.829. The van der Waals surface area contributed by atoms with Crippen LogP contribution in [-0.2, 0) is 19.3 Å². The standard InChI is InChI=1S/C35H59NO4/c1-25(2)14-11-15-27(5)16-12-17-28(6)18-13-20-33(9)21-19-31-22-32(37)29(7)30(8)35(31,38-33)40-39-34(10,24-36)23-26(3)4/h22,25-28H,11-21,23H2,1-10H3/t27?,28?,33?,34-,35-/m1/s1. The van der Waals surface area contributed by atoms with Gasteiger partial charge in [0.1, 0.15) is 6.07 Å². The molecule has 1 heterocycles. The Labute approximate surface area is 246 Å². The summed E-state index contributed by atoms with van der Waals surface area (Å²) in [6.07, 6.45) is 14.9. The van der Waals surface area contributed by atoms with Crippen molar-refractivity contribution < 1.29 is 19.3 Å². The topological polar surface area (TPSA) is 68.6 Å². The molecule has 1 aliphatic heterocycles. The second-order valence-electron chi connectivity index (χ2n) is 14.4. The second kappa shape index (κ2) is 15.1. The van der Waals surface area contributed by atoms with E-state index in [1.165, 1.54) is 44.9 Å². The van der Waals surface area contributed by atoms with E-state index in [0.29, 0.717) is 24.3 Å². The van der Waals surface area contributed by atoms with Crippen LogP contribution in [0.15, 0.2) is 22.8 Å². The molecule has 0 saturated carbocycles. The van der Waals surface area contributed by atoms with Gasteiger partial charge in [-0.05, 0) is 94.3 Å². The van der Waals surface area contributed by atoms with Crippen LogP contribution in [-0.4, -0.2) is 22.8 Å². The lowest BCUT2D eigenvalue weighted by atomic mass is 9.77. The van der Waals surface area contributed by atoms with Crippen molar-refractivity contribution in [2.75, 3.05) is 0 Å². The molecule has 40 heavy (non-hydrogen) atoms. The number of rotatable bonds is 17. The number of nitrogens with zero attached hydrogens (tertiary/aromatic N) is 1. The normalized spacial score (nSPS) is 26.4. The summed E-state index contributed by atoms with van der Waals surface area (Å²) in [5.74, 6) is 1.32. The number of carbonyl (C=O) groups is 1. The van der Waals surface area contributed by atoms with Crippen LogP contribution in [0.5, 0.6) is 0 Å². The molecule has 0 spiro atoms. The molecule has 0 bridgehead atoms. The van der Waals surface area contributed by atoms with Gasteiger partial charge in [-0.1, -0.05) is 92.9 Å². The second-order valence-corrected chi connectivity index (χ2v) is 14.4. The Bertz CT molecular complexity index is 944. The van der Waals surface area contributed by atoms with Crippen LogP contribution in [0.3, 0.4) is 0 Å². The van der Waals surface area contributed by atoms with Gasteiger partial charge in [-0.15, -0.1) is 0 Å². The number of nitriles is 1. The van der Waals surface area contributed by atoms with Crippen molar-refractivity contribution in [2.45, 2.75) is 163 Å². The van der Waals surface area contributed by atoms with Gasteiger partial charge in [0.15, 0.2) is 11.4 Å². The minimum atomic E-state index is -1.27. The van der Waals surface area contributed by atoms with Gasteiger partial charge in [0.25, 0.3) is 0 Å². The first-order chi connectivity index (χ1) is 18.6. The van der Waals surface area contributed by atoms with Gasteiger partial charge in [0.05, 0.1) is 5.60 Å². The largest absolute Gasteiger partial charge is 0.334 e. The molecule has 5 heteroatoms. The van der Waals surface area contributed by atoms with Crippen molar-refractivity contribution in [2.24, 2.45) is 23.7 Å². The number of carbonyl (C=O) groups excluding carboxylic acids is 1. The monoisotopic (exact) mass is 557 g/mol. The van der Waals surface area contributed by atoms with Crippen LogP contribution in [0.2, 0.25) is 0 Å². The third-order valence-electron chi connectivity index (χ3n) is 9.12. The molecule has 5 atom stereocenters. The van der Waals surface area contributed by atoms with Crippen molar-refractivity contribution in [3.8, 4) is 6.07 Å². The molecule has 0 aromatic carbocycles. The summed E-state index contributed by atoms with van der Waals surface area (Å²) in [5.41, 5.74) is 0.614. The third-order valence-corrected chi connectivity index (χ3v) is 9.12. The van der Waals surface area contributed by atoms with Gasteiger partial charge >= 0.3 is 0 Å². The summed E-state index contributed by atoms with van der Waals surface area (Å²) in [6, 6.07) is 2.28. The van der Waals surface area contributed by atoms with E-state index in [2.05, 4.69) is 54.5 Å². The lowest BCUT2D eigenvalue weighted by Crippen LogP contribution is -2.54. The number of allylic oxidation sites excluding steroid dienone is 2. The quantitative estimate of drug-likeness (QED) is 0.131. The van der Waals surface area contributed by atoms with Gasteiger partial charge in [-0.3, -0.25) is 4.79 Å². The molecule has 228 valence electrons. The highest BCUT2D eigenvalue weighted by Gasteiger charge is 2.53. The highest BCUT2D eigenvalue weighted by molar-refractivity contribution is 6.06. The lowest BCUT2D eigenvalue weighted by Gasteiger charge is -2.49. The maximum Gasteiger partial charge on any atom is 0.247 e. The van der Waals surface area contributed by atoms with E-state index in [1.54, 1.807) is 13.0 Å². The molecular formula is C35H59NO4. The maximum absolute atomic E-state index is 12.7. The molecule has 1 fully saturated rings. The smallest absolute Gasteiger partial charge is 0.247 e. The molecule has 5 nitrogen and oxygen atoms in total. The molecule has 0 aromatic heterocycles. The van der Waals surface area contributed by atoms with Crippen LogP contribution in [0.4, 0.5) is 0 Å². The average molecular weight is 558 g/mol. The zero-order valence-corrected chi connectivity index (χ0v) is 27.5. The molecule has 2 rings (SSSR count). The van der Waals surface area contributed by atoms with Crippen molar-refractivity contribution in [3.63, 3.8) is 0 Å². The molecule has 2 aliphatic rings. The zero-order chi connectivity index (χ0) is 30.1. The molecule has 3 unspecified atom stereocenters. The summed E-state index contributed by atoms with van der Waals surface area (Å²) >= 11 is 0. The number of hydrogen-bond acceptors (Lipinski definition) is 5. The van der Waals surface area contributed by atoms with E-state index in [9.17, 15) is 10.1 Å². The van der Waals surface area contributed by atoms with Crippen molar-refractivity contribution in [1.82, 2.24) is 0 Å². The Hall–Kier alpha value is -1.48. The highest BCUT2D eigenvalue weighted by atomic mass is 17.2. The molecular weight excluding hydrogens is 498 g/mol. The number of ether oxygens (including phenoxy) is 1. The minimum absolute atomic E-state index is 0.00721. The highest BCUT2D eigenvalue weighted by Crippen LogP contribution is 2.49. The van der Waals surface area contributed by atoms with Crippen molar-refractivity contribution in [3.05, 3.63) is 22.8 Å². The van der Waals surface area contributed by atoms with Gasteiger partial charge < -0.3 is 4.74 Å².